The number of ether oxygens (including phenoxy) is 1. The molecule has 0 amide bonds. The van der Waals surface area contributed by atoms with Gasteiger partial charge in [0.05, 0.1) is 6.33 Å². The van der Waals surface area contributed by atoms with Gasteiger partial charge in [0.25, 0.3) is 15.9 Å². The summed E-state index contributed by atoms with van der Waals surface area (Å²) < 4.78 is 38.0. The third-order valence-corrected chi connectivity index (χ3v) is 5.30. The minimum atomic E-state index is -3.57. The standard InChI is InChI=1S/C12H17N5O4S/c1-16-6-11(13-8-16)22(18,19)17-4-3-9(5-17)12-14-10(7-20-2)21-15-12/h6,8-9H,3-5,7H2,1-2H3. The third-order valence-electron chi connectivity index (χ3n) is 3.55. The Kier molecular flexibility index (Phi) is 3.98. The molecule has 0 aromatic carbocycles. The summed E-state index contributed by atoms with van der Waals surface area (Å²) >= 11 is 0. The van der Waals surface area contributed by atoms with E-state index in [0.717, 1.165) is 0 Å². The molecule has 120 valence electrons. The smallest absolute Gasteiger partial charge is 0.262 e. The molecule has 1 aliphatic rings. The first kappa shape index (κ1) is 15.1. The van der Waals surface area contributed by atoms with Crippen LogP contribution in [0.4, 0.5) is 0 Å². The molecule has 1 atom stereocenters. The van der Waals surface area contributed by atoms with Gasteiger partial charge in [0.1, 0.15) is 6.61 Å². The normalized spacial score (nSPS) is 19.8. The molecule has 2 aromatic rings. The first-order valence-corrected chi connectivity index (χ1v) is 8.24. The van der Waals surface area contributed by atoms with Gasteiger partial charge in [-0.1, -0.05) is 5.16 Å². The van der Waals surface area contributed by atoms with Gasteiger partial charge in [-0.05, 0) is 6.42 Å². The van der Waals surface area contributed by atoms with Crippen LogP contribution in [0.5, 0.6) is 0 Å². The van der Waals surface area contributed by atoms with Crippen molar-refractivity contribution in [2.24, 2.45) is 7.05 Å². The molecule has 0 bridgehead atoms. The summed E-state index contributed by atoms with van der Waals surface area (Å²) in [5.74, 6) is 0.835. The molecule has 0 saturated carbocycles. The maximum Gasteiger partial charge on any atom is 0.262 e. The van der Waals surface area contributed by atoms with Gasteiger partial charge in [-0.2, -0.15) is 9.29 Å². The quantitative estimate of drug-likeness (QED) is 0.768. The van der Waals surface area contributed by atoms with Crippen molar-refractivity contribution in [3.8, 4) is 0 Å². The molecule has 1 saturated heterocycles. The van der Waals surface area contributed by atoms with E-state index in [1.165, 1.54) is 16.8 Å². The zero-order valence-electron chi connectivity index (χ0n) is 12.3. The Bertz CT molecular complexity index is 753. The Labute approximate surface area is 127 Å². The number of sulfonamides is 1. The van der Waals surface area contributed by atoms with Crippen molar-refractivity contribution in [1.82, 2.24) is 24.0 Å². The second-order valence-electron chi connectivity index (χ2n) is 5.21. The zero-order valence-corrected chi connectivity index (χ0v) is 13.2. The molecule has 0 N–H and O–H groups in total. The van der Waals surface area contributed by atoms with Crippen LogP contribution in [0.1, 0.15) is 24.1 Å². The molecule has 1 fully saturated rings. The summed E-state index contributed by atoms with van der Waals surface area (Å²) in [5, 5.41) is 3.96. The summed E-state index contributed by atoms with van der Waals surface area (Å²) in [7, 11) is -0.298. The van der Waals surface area contributed by atoms with Crippen LogP contribution in [0.3, 0.4) is 0 Å². The topological polar surface area (TPSA) is 103 Å². The van der Waals surface area contributed by atoms with Crippen LogP contribution in [-0.4, -0.2) is 52.6 Å². The van der Waals surface area contributed by atoms with E-state index in [2.05, 4.69) is 15.1 Å². The summed E-state index contributed by atoms with van der Waals surface area (Å²) in [5.41, 5.74) is 0. The summed E-state index contributed by atoms with van der Waals surface area (Å²) in [4.78, 5) is 8.16. The van der Waals surface area contributed by atoms with Crippen LogP contribution in [-0.2, 0) is 28.4 Å². The van der Waals surface area contributed by atoms with Crippen molar-refractivity contribution in [2.45, 2.75) is 24.0 Å². The molecule has 22 heavy (non-hydrogen) atoms. The van der Waals surface area contributed by atoms with Gasteiger partial charge in [0, 0.05) is 39.4 Å². The number of hydrogen-bond donors (Lipinski definition) is 0. The molecule has 3 heterocycles. The number of aromatic nitrogens is 4. The maximum absolute atomic E-state index is 12.5. The Morgan fingerprint density at radius 2 is 2.32 bits per heavy atom. The molecule has 0 radical (unpaired) electrons. The summed E-state index contributed by atoms with van der Waals surface area (Å²) in [6.07, 6.45) is 3.61. The van der Waals surface area contributed by atoms with Gasteiger partial charge in [0.2, 0.25) is 0 Å². The van der Waals surface area contributed by atoms with E-state index >= 15 is 0 Å². The molecule has 10 heteroatoms. The SMILES string of the molecule is COCc1nc(C2CCN(S(=O)(=O)c3cn(C)cn3)C2)no1. The number of methoxy groups -OCH3 is 1. The van der Waals surface area contributed by atoms with Crippen LogP contribution >= 0.6 is 0 Å². The average Bonchev–Trinajstić information content (AvgIpc) is 3.17. The summed E-state index contributed by atoms with van der Waals surface area (Å²) in [6.45, 7) is 0.984. The largest absolute Gasteiger partial charge is 0.375 e. The first-order chi connectivity index (χ1) is 10.5. The van der Waals surface area contributed by atoms with E-state index in [-0.39, 0.29) is 17.6 Å². The Morgan fingerprint density at radius 1 is 1.50 bits per heavy atom. The number of rotatable bonds is 5. The predicted molar refractivity (Wildman–Crippen MR) is 74.3 cm³/mol. The van der Waals surface area contributed by atoms with Crippen LogP contribution in [0.2, 0.25) is 0 Å². The van der Waals surface area contributed by atoms with E-state index in [0.29, 0.717) is 31.2 Å². The van der Waals surface area contributed by atoms with Crippen molar-refractivity contribution in [3.05, 3.63) is 24.2 Å². The van der Waals surface area contributed by atoms with Gasteiger partial charge in [-0.3, -0.25) is 0 Å². The number of nitrogens with zero attached hydrogens (tertiary/aromatic N) is 5. The molecule has 0 spiro atoms. The second kappa shape index (κ2) is 5.78. The highest BCUT2D eigenvalue weighted by atomic mass is 32.2. The molecule has 9 nitrogen and oxygen atoms in total. The minimum Gasteiger partial charge on any atom is -0.375 e. The lowest BCUT2D eigenvalue weighted by Gasteiger charge is -2.13. The highest BCUT2D eigenvalue weighted by Gasteiger charge is 2.36. The molecule has 1 aliphatic heterocycles. The molecule has 1 unspecified atom stereocenters. The van der Waals surface area contributed by atoms with Gasteiger partial charge in [0.15, 0.2) is 10.9 Å². The van der Waals surface area contributed by atoms with E-state index in [4.69, 9.17) is 9.26 Å². The van der Waals surface area contributed by atoms with Crippen LogP contribution in [0, 0.1) is 0 Å². The lowest BCUT2D eigenvalue weighted by Crippen LogP contribution is -2.29. The van der Waals surface area contributed by atoms with Gasteiger partial charge in [-0.15, -0.1) is 0 Å². The number of aryl methyl sites for hydroxylation is 1. The fourth-order valence-electron chi connectivity index (χ4n) is 2.43. The highest BCUT2D eigenvalue weighted by Crippen LogP contribution is 2.29. The van der Waals surface area contributed by atoms with Crippen molar-refractivity contribution >= 4 is 10.0 Å². The Morgan fingerprint density at radius 3 is 3.00 bits per heavy atom. The highest BCUT2D eigenvalue weighted by molar-refractivity contribution is 7.89. The molecular weight excluding hydrogens is 310 g/mol. The fourth-order valence-corrected chi connectivity index (χ4v) is 3.89. The predicted octanol–water partition coefficient (Wildman–Crippen LogP) is 0.128. The Balaban J connectivity index is 1.74. The fraction of sp³-hybridized carbons (Fsp3) is 0.583. The summed E-state index contributed by atoms with van der Waals surface area (Å²) in [6, 6.07) is 0. The van der Waals surface area contributed by atoms with E-state index in [9.17, 15) is 8.42 Å². The van der Waals surface area contributed by atoms with Gasteiger partial charge >= 0.3 is 0 Å². The lowest BCUT2D eigenvalue weighted by molar-refractivity contribution is 0.151. The van der Waals surface area contributed by atoms with Gasteiger partial charge < -0.3 is 13.8 Å². The van der Waals surface area contributed by atoms with E-state index in [1.807, 2.05) is 0 Å². The van der Waals surface area contributed by atoms with Crippen LogP contribution < -0.4 is 0 Å². The monoisotopic (exact) mass is 327 g/mol. The first-order valence-electron chi connectivity index (χ1n) is 6.80. The molecule has 2 aromatic heterocycles. The molecule has 3 rings (SSSR count). The Hall–Kier alpha value is -1.78. The van der Waals surface area contributed by atoms with E-state index in [1.54, 1.807) is 18.7 Å². The van der Waals surface area contributed by atoms with Crippen molar-refractivity contribution in [2.75, 3.05) is 20.2 Å². The zero-order chi connectivity index (χ0) is 15.7. The second-order valence-corrected chi connectivity index (χ2v) is 7.09. The van der Waals surface area contributed by atoms with Gasteiger partial charge in [-0.25, -0.2) is 13.4 Å². The minimum absolute atomic E-state index is 0.0591. The van der Waals surface area contributed by atoms with E-state index < -0.39 is 10.0 Å². The molecule has 0 aliphatic carbocycles. The lowest BCUT2D eigenvalue weighted by atomic mass is 10.1. The number of hydrogen-bond acceptors (Lipinski definition) is 7. The van der Waals surface area contributed by atoms with Crippen molar-refractivity contribution in [1.29, 1.82) is 0 Å². The van der Waals surface area contributed by atoms with Crippen molar-refractivity contribution in [3.63, 3.8) is 0 Å². The van der Waals surface area contributed by atoms with Crippen molar-refractivity contribution < 1.29 is 17.7 Å². The van der Waals surface area contributed by atoms with Crippen LogP contribution in [0.25, 0.3) is 0 Å². The average molecular weight is 327 g/mol. The molecular formula is C12H17N5O4S. The van der Waals surface area contributed by atoms with Crippen LogP contribution in [0.15, 0.2) is 22.1 Å². The third kappa shape index (κ3) is 2.76. The number of imidazole rings is 1. The maximum atomic E-state index is 12.5.